The van der Waals surface area contributed by atoms with Crippen molar-refractivity contribution >= 4 is 5.91 Å². The number of rotatable bonds is 3. The Hall–Kier alpha value is -1.30. The third-order valence-electron chi connectivity index (χ3n) is 2.41. The van der Waals surface area contributed by atoms with Crippen LogP contribution < -0.4 is 5.32 Å². The summed E-state index contributed by atoms with van der Waals surface area (Å²) in [7, 11) is 0. The van der Waals surface area contributed by atoms with E-state index in [4.69, 9.17) is 5.26 Å². The third-order valence-corrected chi connectivity index (χ3v) is 2.41. The molecule has 1 rings (SSSR count). The first-order valence-corrected chi connectivity index (χ1v) is 4.45. The minimum Gasteiger partial charge on any atom is -0.351 e. The number of nitrogens with zero attached hydrogens (tertiary/aromatic N) is 1. The maximum Gasteiger partial charge on any atom is 0.240 e. The molecule has 0 aromatic heterocycles. The summed E-state index contributed by atoms with van der Waals surface area (Å²) < 4.78 is 0. The Kier molecular flexibility index (Phi) is 2.72. The molecule has 0 bridgehead atoms. The number of nitriles is 1. The topological polar surface area (TPSA) is 52.9 Å². The van der Waals surface area contributed by atoms with Gasteiger partial charge in [0.1, 0.15) is 5.41 Å². The predicted octanol–water partition coefficient (Wildman–Crippen LogP) is 1.37. The Bertz CT molecular complexity index is 271. The molecule has 3 nitrogen and oxygen atoms in total. The SMILES string of the molecule is C=C(C)CNC(=O)C1(C#N)CCC1. The van der Waals surface area contributed by atoms with Gasteiger partial charge in [0.2, 0.25) is 5.91 Å². The molecule has 70 valence electrons. The number of amides is 1. The number of nitrogens with one attached hydrogen (secondary N) is 1. The fourth-order valence-corrected chi connectivity index (χ4v) is 1.32. The van der Waals surface area contributed by atoms with Gasteiger partial charge in [-0.3, -0.25) is 4.79 Å². The first-order valence-electron chi connectivity index (χ1n) is 4.45. The molecule has 1 amide bonds. The zero-order valence-corrected chi connectivity index (χ0v) is 7.89. The molecule has 1 aliphatic rings. The lowest BCUT2D eigenvalue weighted by molar-refractivity contribution is -0.131. The second-order valence-electron chi connectivity index (χ2n) is 3.69. The summed E-state index contributed by atoms with van der Waals surface area (Å²) in [6.45, 7) is 6.00. The molecule has 3 heteroatoms. The van der Waals surface area contributed by atoms with Crippen molar-refractivity contribution in [2.24, 2.45) is 5.41 Å². The van der Waals surface area contributed by atoms with Crippen LogP contribution in [0, 0.1) is 16.7 Å². The highest BCUT2D eigenvalue weighted by atomic mass is 16.2. The summed E-state index contributed by atoms with van der Waals surface area (Å²) in [5.41, 5.74) is 0.177. The second kappa shape index (κ2) is 3.61. The van der Waals surface area contributed by atoms with E-state index in [9.17, 15) is 4.79 Å². The summed E-state index contributed by atoms with van der Waals surface area (Å²) in [5.74, 6) is -0.135. The lowest BCUT2D eigenvalue weighted by atomic mass is 9.69. The normalized spacial score (nSPS) is 18.2. The van der Waals surface area contributed by atoms with Crippen LogP contribution in [0.3, 0.4) is 0 Å². The first kappa shape index (κ1) is 9.79. The van der Waals surface area contributed by atoms with Crippen LogP contribution >= 0.6 is 0 Å². The smallest absolute Gasteiger partial charge is 0.240 e. The van der Waals surface area contributed by atoms with Gasteiger partial charge in [-0.25, -0.2) is 0 Å². The molecule has 13 heavy (non-hydrogen) atoms. The summed E-state index contributed by atoms with van der Waals surface area (Å²) in [5, 5.41) is 11.6. The van der Waals surface area contributed by atoms with E-state index in [0.717, 1.165) is 12.0 Å². The molecule has 1 N–H and O–H groups in total. The molecule has 1 saturated carbocycles. The molecule has 0 radical (unpaired) electrons. The summed E-state index contributed by atoms with van der Waals surface area (Å²) in [6, 6.07) is 2.10. The van der Waals surface area contributed by atoms with Gasteiger partial charge in [-0.15, -0.1) is 0 Å². The van der Waals surface area contributed by atoms with Crippen molar-refractivity contribution in [3.8, 4) is 6.07 Å². The maximum absolute atomic E-state index is 11.5. The van der Waals surface area contributed by atoms with Crippen molar-refractivity contribution in [2.75, 3.05) is 6.54 Å². The molecule has 0 aromatic rings. The van der Waals surface area contributed by atoms with Crippen molar-refractivity contribution in [3.05, 3.63) is 12.2 Å². The van der Waals surface area contributed by atoms with Crippen molar-refractivity contribution in [3.63, 3.8) is 0 Å². The minimum absolute atomic E-state index is 0.135. The summed E-state index contributed by atoms with van der Waals surface area (Å²) in [4.78, 5) is 11.5. The highest BCUT2D eigenvalue weighted by molar-refractivity contribution is 5.86. The molecule has 0 heterocycles. The van der Waals surface area contributed by atoms with Gasteiger partial charge >= 0.3 is 0 Å². The highest BCUT2D eigenvalue weighted by Crippen LogP contribution is 2.40. The van der Waals surface area contributed by atoms with E-state index in [1.54, 1.807) is 0 Å². The molecule has 0 saturated heterocycles. The Balaban J connectivity index is 2.48. The molecule has 0 aliphatic heterocycles. The van der Waals surface area contributed by atoms with E-state index >= 15 is 0 Å². The van der Waals surface area contributed by atoms with Crippen molar-refractivity contribution in [1.29, 1.82) is 5.26 Å². The fourth-order valence-electron chi connectivity index (χ4n) is 1.32. The quantitative estimate of drug-likeness (QED) is 0.663. The van der Waals surface area contributed by atoms with E-state index < -0.39 is 5.41 Å². The Morgan fingerprint density at radius 1 is 1.69 bits per heavy atom. The van der Waals surface area contributed by atoms with Gasteiger partial charge in [-0.05, 0) is 26.2 Å². The zero-order chi connectivity index (χ0) is 9.90. The van der Waals surface area contributed by atoms with E-state index in [1.165, 1.54) is 0 Å². The molecule has 0 atom stereocenters. The van der Waals surface area contributed by atoms with Crippen LogP contribution in [0.2, 0.25) is 0 Å². The van der Waals surface area contributed by atoms with Crippen molar-refractivity contribution in [2.45, 2.75) is 26.2 Å². The Labute approximate surface area is 78.4 Å². The minimum atomic E-state index is -0.727. The van der Waals surface area contributed by atoms with Crippen LogP contribution in [0.5, 0.6) is 0 Å². The average molecular weight is 178 g/mol. The van der Waals surface area contributed by atoms with Gasteiger partial charge in [0, 0.05) is 6.54 Å². The molecule has 1 aliphatic carbocycles. The number of hydrogen-bond donors (Lipinski definition) is 1. The van der Waals surface area contributed by atoms with Crippen LogP contribution in [0.4, 0.5) is 0 Å². The van der Waals surface area contributed by atoms with Crippen molar-refractivity contribution < 1.29 is 4.79 Å². The monoisotopic (exact) mass is 178 g/mol. The van der Waals surface area contributed by atoms with E-state index in [-0.39, 0.29) is 5.91 Å². The van der Waals surface area contributed by atoms with E-state index in [0.29, 0.717) is 19.4 Å². The lowest BCUT2D eigenvalue weighted by Crippen LogP contribution is -2.45. The molecule has 1 fully saturated rings. The Morgan fingerprint density at radius 2 is 2.31 bits per heavy atom. The largest absolute Gasteiger partial charge is 0.351 e. The first-order chi connectivity index (χ1) is 6.10. The third kappa shape index (κ3) is 1.89. The summed E-state index contributed by atoms with van der Waals surface area (Å²) >= 11 is 0. The van der Waals surface area contributed by atoms with Gasteiger partial charge in [-0.1, -0.05) is 12.2 Å². The lowest BCUT2D eigenvalue weighted by Gasteiger charge is -2.33. The van der Waals surface area contributed by atoms with Gasteiger partial charge in [-0.2, -0.15) is 5.26 Å². The van der Waals surface area contributed by atoms with E-state index in [1.807, 2.05) is 6.92 Å². The van der Waals surface area contributed by atoms with Crippen LogP contribution in [0.25, 0.3) is 0 Å². The van der Waals surface area contributed by atoms with Gasteiger partial charge in [0.15, 0.2) is 0 Å². The number of carbonyl (C=O) groups excluding carboxylic acids is 1. The van der Waals surface area contributed by atoms with Gasteiger partial charge in [0.05, 0.1) is 6.07 Å². The molecule has 0 spiro atoms. The highest BCUT2D eigenvalue weighted by Gasteiger charge is 2.44. The van der Waals surface area contributed by atoms with Crippen LogP contribution in [0.15, 0.2) is 12.2 Å². The molecule has 0 unspecified atom stereocenters. The average Bonchev–Trinajstić information content (AvgIpc) is 2.00. The van der Waals surface area contributed by atoms with Crippen LogP contribution in [0.1, 0.15) is 26.2 Å². The number of hydrogen-bond acceptors (Lipinski definition) is 2. The molecular formula is C10H14N2O. The number of carbonyl (C=O) groups is 1. The van der Waals surface area contributed by atoms with Crippen LogP contribution in [-0.2, 0) is 4.79 Å². The zero-order valence-electron chi connectivity index (χ0n) is 7.89. The van der Waals surface area contributed by atoms with Gasteiger partial charge in [0.25, 0.3) is 0 Å². The fraction of sp³-hybridized carbons (Fsp3) is 0.600. The van der Waals surface area contributed by atoms with Crippen LogP contribution in [-0.4, -0.2) is 12.5 Å². The predicted molar refractivity (Wildman–Crippen MR) is 49.7 cm³/mol. The molecular weight excluding hydrogens is 164 g/mol. The Morgan fingerprint density at radius 3 is 2.62 bits per heavy atom. The molecule has 0 aromatic carbocycles. The van der Waals surface area contributed by atoms with Gasteiger partial charge < -0.3 is 5.32 Å². The van der Waals surface area contributed by atoms with E-state index in [2.05, 4.69) is 18.0 Å². The van der Waals surface area contributed by atoms with Crippen molar-refractivity contribution in [1.82, 2.24) is 5.32 Å². The maximum atomic E-state index is 11.5. The standard InChI is InChI=1S/C10H14N2O/c1-8(2)6-12-9(13)10(7-11)4-3-5-10/h1,3-6H2,2H3,(H,12,13). The second-order valence-corrected chi connectivity index (χ2v) is 3.69. The summed E-state index contributed by atoms with van der Waals surface area (Å²) in [6.07, 6.45) is 2.38.